The number of aromatic nitrogens is 2. The zero-order valence-electron chi connectivity index (χ0n) is 14.2. The van der Waals surface area contributed by atoms with Gasteiger partial charge in [-0.25, -0.2) is 0 Å². The molecule has 0 saturated carbocycles. The van der Waals surface area contributed by atoms with Crippen LogP contribution in [0.25, 0.3) is 21.8 Å². The van der Waals surface area contributed by atoms with E-state index in [9.17, 15) is 10.2 Å². The average molecular weight is 325 g/mol. The summed E-state index contributed by atoms with van der Waals surface area (Å²) in [5, 5.41) is 24.4. The van der Waals surface area contributed by atoms with Crippen LogP contribution >= 0.6 is 0 Å². The minimum Gasteiger partial charge on any atom is -0.871 e. The maximum atomic E-state index is 11.3. The Balaban J connectivity index is 0.000000173. The van der Waals surface area contributed by atoms with Crippen LogP contribution < -0.4 is 10.2 Å². The van der Waals surface area contributed by atoms with Crippen molar-refractivity contribution in [3.8, 4) is 11.5 Å². The fourth-order valence-electron chi connectivity index (χ4n) is 2.43. The molecule has 2 aromatic heterocycles. The first-order valence-corrected chi connectivity index (χ1v) is 7.61. The van der Waals surface area contributed by atoms with E-state index in [4.69, 9.17) is 0 Å². The molecule has 0 N–H and O–H groups in total. The zero-order valence-corrected chi connectivity index (χ0v) is 14.2. The third kappa shape index (κ3) is 4.11. The van der Waals surface area contributed by atoms with E-state index in [-0.39, 0.29) is 21.6 Å². The van der Waals surface area contributed by atoms with Gasteiger partial charge in [0, 0.05) is 11.4 Å². The van der Waals surface area contributed by atoms with E-state index in [1.807, 2.05) is 50.2 Å². The van der Waals surface area contributed by atoms with Crippen molar-refractivity contribution >= 4 is 31.9 Å². The molecule has 0 amide bonds. The summed E-state index contributed by atoms with van der Waals surface area (Å²) in [7, 11) is 0. The second-order valence-corrected chi connectivity index (χ2v) is 5.56. The van der Waals surface area contributed by atoms with Gasteiger partial charge in [-0.2, -0.15) is 0 Å². The topological polar surface area (TPSA) is 71.9 Å². The molecule has 2 heterocycles. The van der Waals surface area contributed by atoms with Gasteiger partial charge in [0.2, 0.25) is 0 Å². The summed E-state index contributed by atoms with van der Waals surface area (Å²) in [6.07, 6.45) is 0. The molecule has 120 valence electrons. The average Bonchev–Trinajstić information content (AvgIpc) is 2.57. The molecule has 0 aliphatic rings. The Morgan fingerprint density at radius 1 is 0.600 bits per heavy atom. The monoisotopic (exact) mass is 325 g/mol. The SMILES string of the molecule is Cc1ccc2cccc([O-])c2n1.Cc1ccc2cccc([O-])c2n1.[Be+2]. The Bertz CT molecular complexity index is 936. The maximum absolute atomic E-state index is 11.3. The molecule has 0 aliphatic heterocycles. The van der Waals surface area contributed by atoms with Crippen LogP contribution in [0.3, 0.4) is 0 Å². The van der Waals surface area contributed by atoms with Gasteiger partial charge in [-0.3, -0.25) is 9.97 Å². The molecule has 5 heteroatoms. The van der Waals surface area contributed by atoms with Crippen molar-refractivity contribution in [1.29, 1.82) is 0 Å². The molecule has 0 aliphatic carbocycles. The van der Waals surface area contributed by atoms with Gasteiger partial charge in [0.05, 0.1) is 11.0 Å². The Labute approximate surface area is 150 Å². The Kier molecular flexibility index (Phi) is 5.68. The van der Waals surface area contributed by atoms with Crippen molar-refractivity contribution in [3.05, 3.63) is 72.1 Å². The molecule has 4 rings (SSSR count). The van der Waals surface area contributed by atoms with E-state index in [1.165, 1.54) is 12.1 Å². The molecule has 0 saturated heterocycles. The van der Waals surface area contributed by atoms with Gasteiger partial charge in [-0.1, -0.05) is 60.0 Å². The predicted molar refractivity (Wildman–Crippen MR) is 97.6 cm³/mol. The van der Waals surface area contributed by atoms with Crippen LogP contribution in [0.1, 0.15) is 11.4 Å². The van der Waals surface area contributed by atoms with E-state index in [2.05, 4.69) is 9.97 Å². The largest absolute Gasteiger partial charge is 2.00 e. The number of hydrogen-bond acceptors (Lipinski definition) is 4. The van der Waals surface area contributed by atoms with Crippen molar-refractivity contribution in [2.45, 2.75) is 13.8 Å². The standard InChI is InChI=1S/2C10H9NO.Be/c2*1-7-5-6-8-3-2-4-9(12)10(8)11-7;/h2*2-6,12H,1H3;/q;;+2/p-2. The van der Waals surface area contributed by atoms with Crippen LogP contribution in [0.15, 0.2) is 60.7 Å². The van der Waals surface area contributed by atoms with Crippen LogP contribution in [0.4, 0.5) is 0 Å². The fourth-order valence-corrected chi connectivity index (χ4v) is 2.43. The molecule has 4 aromatic rings. The second-order valence-electron chi connectivity index (χ2n) is 5.56. The summed E-state index contributed by atoms with van der Waals surface area (Å²) in [5.41, 5.74) is 2.90. The Morgan fingerprint density at radius 3 is 1.40 bits per heavy atom. The van der Waals surface area contributed by atoms with Crippen molar-refractivity contribution in [2.24, 2.45) is 0 Å². The number of fused-ring (bicyclic) bond motifs is 2. The molecule has 0 bridgehead atoms. The van der Waals surface area contributed by atoms with E-state index in [0.29, 0.717) is 11.0 Å². The molecule has 0 fully saturated rings. The zero-order chi connectivity index (χ0) is 17.1. The molecule has 2 aromatic carbocycles. The molecular weight excluding hydrogens is 309 g/mol. The number of rotatable bonds is 0. The Hall–Kier alpha value is -2.97. The third-order valence-electron chi connectivity index (χ3n) is 3.64. The Morgan fingerprint density at radius 2 is 1.00 bits per heavy atom. The van der Waals surface area contributed by atoms with Crippen LogP contribution in [-0.2, 0) is 0 Å². The maximum Gasteiger partial charge on any atom is 2.00 e. The summed E-state index contributed by atoms with van der Waals surface area (Å²) in [6.45, 7) is 3.76. The number of nitrogens with zero attached hydrogens (tertiary/aromatic N) is 2. The first-order chi connectivity index (χ1) is 11.5. The van der Waals surface area contributed by atoms with Gasteiger partial charge in [0.15, 0.2) is 0 Å². The minimum absolute atomic E-state index is 0. The number of aryl methyl sites for hydroxylation is 2. The molecule has 0 unspecified atom stereocenters. The van der Waals surface area contributed by atoms with Gasteiger partial charge < -0.3 is 10.2 Å². The molecule has 4 nitrogen and oxygen atoms in total. The van der Waals surface area contributed by atoms with Gasteiger partial charge in [-0.05, 0) is 36.8 Å². The molecule has 0 atom stereocenters. The first-order valence-electron chi connectivity index (χ1n) is 7.61. The fraction of sp³-hybridized carbons (Fsp3) is 0.100. The van der Waals surface area contributed by atoms with Crippen LogP contribution in [-0.4, -0.2) is 20.1 Å². The summed E-state index contributed by atoms with van der Waals surface area (Å²) in [6, 6.07) is 18.0. The van der Waals surface area contributed by atoms with Crippen molar-refractivity contribution in [3.63, 3.8) is 0 Å². The molecular formula is C20H16BeN2O2. The number of benzene rings is 2. The summed E-state index contributed by atoms with van der Waals surface area (Å²) < 4.78 is 0. The summed E-state index contributed by atoms with van der Waals surface area (Å²) in [5.74, 6) is -0.00704. The molecule has 25 heavy (non-hydrogen) atoms. The minimum atomic E-state index is -0.00352. The van der Waals surface area contributed by atoms with Gasteiger partial charge in [-0.15, -0.1) is 0 Å². The summed E-state index contributed by atoms with van der Waals surface area (Å²) in [4.78, 5) is 8.33. The first kappa shape index (κ1) is 18.4. The smallest absolute Gasteiger partial charge is 0.871 e. The molecule has 0 spiro atoms. The van der Waals surface area contributed by atoms with E-state index < -0.39 is 0 Å². The predicted octanol–water partition coefficient (Wildman–Crippen LogP) is 2.85. The van der Waals surface area contributed by atoms with Crippen LogP contribution in [0, 0.1) is 13.8 Å². The number of pyridine rings is 2. The quantitative estimate of drug-likeness (QED) is 0.466. The normalized spacial score (nSPS) is 10.0. The van der Waals surface area contributed by atoms with Crippen LogP contribution in [0.5, 0.6) is 11.5 Å². The summed E-state index contributed by atoms with van der Waals surface area (Å²) >= 11 is 0. The van der Waals surface area contributed by atoms with Crippen molar-refractivity contribution < 1.29 is 10.2 Å². The third-order valence-corrected chi connectivity index (χ3v) is 3.64. The van der Waals surface area contributed by atoms with Gasteiger partial charge >= 0.3 is 10.1 Å². The van der Waals surface area contributed by atoms with Gasteiger partial charge in [0.25, 0.3) is 0 Å². The van der Waals surface area contributed by atoms with Crippen molar-refractivity contribution in [1.82, 2.24) is 9.97 Å². The van der Waals surface area contributed by atoms with E-state index in [1.54, 1.807) is 12.1 Å². The molecule has 0 radical (unpaired) electrons. The van der Waals surface area contributed by atoms with Crippen LogP contribution in [0.2, 0.25) is 0 Å². The second kappa shape index (κ2) is 7.73. The number of para-hydroxylation sites is 2. The van der Waals surface area contributed by atoms with Crippen molar-refractivity contribution in [2.75, 3.05) is 0 Å². The van der Waals surface area contributed by atoms with Gasteiger partial charge in [0.1, 0.15) is 0 Å². The number of hydrogen-bond donors (Lipinski definition) is 0. The van der Waals surface area contributed by atoms with E-state index >= 15 is 0 Å². The van der Waals surface area contributed by atoms with E-state index in [0.717, 1.165) is 22.2 Å².